The van der Waals surface area contributed by atoms with Crippen LogP contribution < -0.4 is 12.4 Å². The summed E-state index contributed by atoms with van der Waals surface area (Å²) in [5.74, 6) is 8.65. The molecular formula is C19H29ClGeOS. The minimum Gasteiger partial charge on any atom is -1.00 e. The first-order chi connectivity index (χ1) is 10.4. The summed E-state index contributed by atoms with van der Waals surface area (Å²) in [5.41, 5.74) is 2.53. The second-order valence-electron chi connectivity index (χ2n) is 7.40. The van der Waals surface area contributed by atoms with Crippen LogP contribution in [-0.4, -0.2) is 35.1 Å². The van der Waals surface area contributed by atoms with Crippen molar-refractivity contribution in [2.45, 2.75) is 47.0 Å². The van der Waals surface area contributed by atoms with Crippen LogP contribution in [0.5, 0.6) is 0 Å². The second kappa shape index (κ2) is 9.34. The van der Waals surface area contributed by atoms with Crippen LogP contribution in [0.2, 0.25) is 17.3 Å². The maximum atomic E-state index is 13.1. The van der Waals surface area contributed by atoms with Crippen LogP contribution in [0.15, 0.2) is 42.0 Å². The van der Waals surface area contributed by atoms with Crippen molar-refractivity contribution in [3.8, 4) is 0 Å². The molecule has 1 aromatic rings. The van der Waals surface area contributed by atoms with E-state index in [9.17, 15) is 4.79 Å². The van der Waals surface area contributed by atoms with E-state index in [0.717, 1.165) is 11.3 Å². The van der Waals surface area contributed by atoms with Crippen LogP contribution in [-0.2, 0) is 10.9 Å². The number of Topliss-reactive ketones (excluding diaryl/α,β-unsaturated/α-hetero) is 1. The van der Waals surface area contributed by atoms with E-state index in [0.29, 0.717) is 5.78 Å². The third kappa shape index (κ3) is 5.99. The number of carbonyl (C=O) groups excluding carboxylic acids is 1. The van der Waals surface area contributed by atoms with E-state index in [1.165, 1.54) is 25.7 Å². The molecule has 2 atom stereocenters. The van der Waals surface area contributed by atoms with Crippen molar-refractivity contribution in [2.24, 2.45) is 0 Å². The Labute approximate surface area is 153 Å². The number of allylic oxidation sites excluding steroid dienone is 1. The summed E-state index contributed by atoms with van der Waals surface area (Å²) >= 11 is -2.08. The topological polar surface area (TPSA) is 17.1 Å². The van der Waals surface area contributed by atoms with Gasteiger partial charge in [-0.2, -0.15) is 0 Å². The van der Waals surface area contributed by atoms with E-state index < -0.39 is 13.3 Å². The molecule has 0 bridgehead atoms. The van der Waals surface area contributed by atoms with Gasteiger partial charge in [-0.15, -0.1) is 0 Å². The summed E-state index contributed by atoms with van der Waals surface area (Å²) in [4.78, 5) is 13.1. The fraction of sp³-hybridized carbons (Fsp3) is 0.526. The van der Waals surface area contributed by atoms with E-state index in [1.54, 1.807) is 5.57 Å². The van der Waals surface area contributed by atoms with Crippen molar-refractivity contribution in [1.82, 2.24) is 0 Å². The van der Waals surface area contributed by atoms with Crippen LogP contribution in [0.25, 0.3) is 0 Å². The molecule has 1 saturated carbocycles. The number of hydrogen-bond donors (Lipinski definition) is 0. The van der Waals surface area contributed by atoms with E-state index in [-0.39, 0.29) is 27.4 Å². The van der Waals surface area contributed by atoms with Crippen molar-refractivity contribution in [3.63, 3.8) is 0 Å². The average molecular weight is 414 g/mol. The molecule has 4 heteroatoms. The maximum absolute atomic E-state index is 13.1. The van der Waals surface area contributed by atoms with Crippen LogP contribution in [0, 0.1) is 0 Å². The summed E-state index contributed by atoms with van der Waals surface area (Å²) in [7, 11) is 0.154. The first-order valence-electron chi connectivity index (χ1n) is 8.28. The van der Waals surface area contributed by atoms with E-state index in [4.69, 9.17) is 0 Å². The van der Waals surface area contributed by atoms with Crippen molar-refractivity contribution in [2.75, 3.05) is 12.0 Å². The van der Waals surface area contributed by atoms with Crippen LogP contribution in [0.3, 0.4) is 0 Å². The minimum absolute atomic E-state index is 0. The zero-order valence-electron chi connectivity index (χ0n) is 14.8. The molecule has 0 saturated heterocycles. The van der Waals surface area contributed by atoms with Gasteiger partial charge in [0.05, 0.1) is 0 Å². The normalized spacial score (nSPS) is 17.3. The quantitative estimate of drug-likeness (QED) is 0.301. The Hall–Kier alpha value is -0.187. The van der Waals surface area contributed by atoms with Crippen molar-refractivity contribution in [1.29, 1.82) is 0 Å². The number of rotatable bonds is 6. The third-order valence-corrected chi connectivity index (χ3v) is 16.1. The molecule has 2 rings (SSSR count). The van der Waals surface area contributed by atoms with Gasteiger partial charge in [0.15, 0.2) is 0 Å². The van der Waals surface area contributed by atoms with Gasteiger partial charge in [0.1, 0.15) is 0 Å². The van der Waals surface area contributed by atoms with Crippen molar-refractivity contribution < 1.29 is 17.2 Å². The van der Waals surface area contributed by atoms with Gasteiger partial charge in [-0.1, -0.05) is 0 Å². The fourth-order valence-electron chi connectivity index (χ4n) is 3.31. The molecule has 0 spiro atoms. The smallest absolute Gasteiger partial charge is 1.00 e. The summed E-state index contributed by atoms with van der Waals surface area (Å²) < 4.78 is 0.278. The number of halogens is 1. The largest absolute Gasteiger partial charge is 1.00 e. The first kappa shape index (κ1) is 20.9. The zero-order valence-corrected chi connectivity index (χ0v) is 18.4. The van der Waals surface area contributed by atoms with Gasteiger partial charge in [0, 0.05) is 0 Å². The summed E-state index contributed by atoms with van der Waals surface area (Å²) in [6, 6.07) is 9.91. The molecule has 1 aliphatic rings. The van der Waals surface area contributed by atoms with E-state index in [1.807, 2.05) is 30.3 Å². The molecule has 1 fully saturated rings. The molecule has 23 heavy (non-hydrogen) atoms. The zero-order chi connectivity index (χ0) is 16.2. The molecule has 0 N–H and O–H groups in total. The summed E-state index contributed by atoms with van der Waals surface area (Å²) in [5, 5.41) is 0. The Kier molecular flexibility index (Phi) is 8.47. The third-order valence-electron chi connectivity index (χ3n) is 4.37. The Morgan fingerprint density at radius 1 is 1.17 bits per heavy atom. The fourth-order valence-corrected chi connectivity index (χ4v) is 15.9. The van der Waals surface area contributed by atoms with Gasteiger partial charge in [-0.3, -0.25) is 0 Å². The number of carbonyl (C=O) groups is 1. The van der Waals surface area contributed by atoms with Crippen LogP contribution >= 0.6 is 0 Å². The Bertz CT molecular complexity index is 528. The number of benzene rings is 1. The predicted octanol–water partition coefficient (Wildman–Crippen LogP) is 1.87. The second-order valence-corrected chi connectivity index (χ2v) is 21.6. The minimum atomic E-state index is -2.08. The number of hydrogen-bond acceptors (Lipinski definition) is 1. The maximum Gasteiger partial charge on any atom is -1.00 e. The SMILES string of the molecule is C[S+](CC=C1CCCC1)[CH](C(=O)c1ccccc1)[Ge]([CH3])([CH3])[CH3].[Cl-]. The Morgan fingerprint density at radius 3 is 2.26 bits per heavy atom. The predicted molar refractivity (Wildman–Crippen MR) is 103 cm³/mol. The molecule has 1 aromatic carbocycles. The van der Waals surface area contributed by atoms with E-state index >= 15 is 0 Å². The molecule has 1 aliphatic carbocycles. The Balaban J connectivity index is 0.00000264. The van der Waals surface area contributed by atoms with Gasteiger partial charge < -0.3 is 12.4 Å². The molecule has 1 nitrogen and oxygen atoms in total. The summed E-state index contributed by atoms with van der Waals surface area (Å²) in [6.45, 7) is 0. The monoisotopic (exact) mass is 414 g/mol. The van der Waals surface area contributed by atoms with Gasteiger partial charge in [0.25, 0.3) is 0 Å². The van der Waals surface area contributed by atoms with Crippen molar-refractivity contribution in [3.05, 3.63) is 47.5 Å². The molecule has 2 unspecified atom stereocenters. The summed E-state index contributed by atoms with van der Waals surface area (Å²) in [6.07, 6.45) is 10.0. The van der Waals surface area contributed by atoms with Gasteiger partial charge in [-0.25, -0.2) is 0 Å². The Morgan fingerprint density at radius 2 is 1.74 bits per heavy atom. The van der Waals surface area contributed by atoms with E-state index in [2.05, 4.69) is 29.6 Å². The van der Waals surface area contributed by atoms with Crippen molar-refractivity contribution >= 4 is 29.9 Å². The molecule has 0 aromatic heterocycles. The molecular weight excluding hydrogens is 384 g/mol. The van der Waals surface area contributed by atoms with Gasteiger partial charge >= 0.3 is 141 Å². The van der Waals surface area contributed by atoms with Gasteiger partial charge in [-0.05, 0) is 0 Å². The average Bonchev–Trinajstić information content (AvgIpc) is 2.98. The molecule has 0 aliphatic heterocycles. The molecule has 0 heterocycles. The van der Waals surface area contributed by atoms with Crippen LogP contribution in [0.4, 0.5) is 0 Å². The van der Waals surface area contributed by atoms with Crippen LogP contribution in [0.1, 0.15) is 36.0 Å². The van der Waals surface area contributed by atoms with Gasteiger partial charge in [0.2, 0.25) is 0 Å². The number of ketones is 1. The first-order valence-corrected chi connectivity index (χ1v) is 17.6. The molecule has 128 valence electrons. The molecule has 0 amide bonds. The molecule has 0 radical (unpaired) electrons. The standard InChI is InChI=1S/C19H29GeOS.ClH/c1-20(2,3)19(18(21)17-12-6-5-7-13-17)22(4)15-14-16-10-8-9-11-16;/h5-7,12-14,19H,8-11,15H2,1-4H3;1H/q+1;/p-1.